The van der Waals surface area contributed by atoms with E-state index in [0.717, 1.165) is 17.5 Å². The number of aromatic nitrogens is 1. The Labute approximate surface area is 222 Å². The third-order valence-corrected chi connectivity index (χ3v) is 7.31. The molecule has 1 saturated heterocycles. The lowest BCUT2D eigenvalue weighted by Gasteiger charge is -2.23. The number of aliphatic hydroxyl groups is 1. The molecule has 1 aliphatic heterocycles. The second-order valence-corrected chi connectivity index (χ2v) is 9.79. The number of hydrogen-bond acceptors (Lipinski definition) is 7. The van der Waals surface area contributed by atoms with E-state index >= 15 is 0 Å². The van der Waals surface area contributed by atoms with Crippen LogP contribution in [0.1, 0.15) is 36.9 Å². The van der Waals surface area contributed by atoms with E-state index in [1.165, 1.54) is 40.5 Å². The molecule has 5 rings (SSSR count). The number of thiazole rings is 1. The largest absolute Gasteiger partial charge is 0.507 e. The molecule has 1 N–H and O–H groups in total. The van der Waals surface area contributed by atoms with Crippen molar-refractivity contribution in [1.29, 1.82) is 0 Å². The maximum Gasteiger partial charge on any atom is 0.301 e. The smallest absolute Gasteiger partial charge is 0.301 e. The normalized spacial score (nSPS) is 16.8. The van der Waals surface area contributed by atoms with Gasteiger partial charge in [0.2, 0.25) is 0 Å². The summed E-state index contributed by atoms with van der Waals surface area (Å²) in [6.07, 6.45) is 1.85. The Bertz CT molecular complexity index is 1550. The molecular formula is C29H25FN2O5S. The highest BCUT2D eigenvalue weighted by atomic mass is 32.1. The number of ketones is 1. The number of ether oxygens (including phenoxy) is 2. The molecule has 4 aromatic rings. The van der Waals surface area contributed by atoms with Crippen LogP contribution in [0, 0.1) is 5.82 Å². The molecule has 9 heteroatoms. The number of carbonyl (C=O) groups excluding carboxylic acids is 2. The van der Waals surface area contributed by atoms with Gasteiger partial charge in [-0.2, -0.15) is 0 Å². The lowest BCUT2D eigenvalue weighted by Crippen LogP contribution is -2.29. The lowest BCUT2D eigenvalue weighted by atomic mass is 9.95. The Morgan fingerprint density at radius 2 is 1.87 bits per heavy atom. The van der Waals surface area contributed by atoms with Crippen LogP contribution in [-0.4, -0.2) is 35.5 Å². The first-order valence-electron chi connectivity index (χ1n) is 12.2. The van der Waals surface area contributed by atoms with Crippen molar-refractivity contribution in [3.63, 3.8) is 0 Å². The van der Waals surface area contributed by atoms with Crippen LogP contribution >= 0.6 is 11.3 Å². The van der Waals surface area contributed by atoms with Crippen LogP contribution in [0.25, 0.3) is 16.0 Å². The summed E-state index contributed by atoms with van der Waals surface area (Å²) in [4.78, 5) is 32.8. The molecule has 1 atom stereocenters. The van der Waals surface area contributed by atoms with E-state index in [-0.39, 0.29) is 11.1 Å². The zero-order chi connectivity index (χ0) is 26.8. The summed E-state index contributed by atoms with van der Waals surface area (Å²) in [6, 6.07) is 16.6. The molecule has 1 fully saturated rings. The number of carbonyl (C=O) groups is 2. The van der Waals surface area contributed by atoms with Crippen LogP contribution in [0.15, 0.2) is 72.3 Å². The monoisotopic (exact) mass is 532 g/mol. The molecule has 1 unspecified atom stereocenters. The maximum atomic E-state index is 13.6. The van der Waals surface area contributed by atoms with Crippen LogP contribution in [0.2, 0.25) is 0 Å². The Hall–Kier alpha value is -4.24. The molecule has 1 aromatic heterocycles. The molecule has 0 radical (unpaired) electrons. The Balaban J connectivity index is 1.67. The van der Waals surface area contributed by atoms with Gasteiger partial charge < -0.3 is 14.6 Å². The van der Waals surface area contributed by atoms with Crippen molar-refractivity contribution in [3.05, 3.63) is 89.2 Å². The van der Waals surface area contributed by atoms with Gasteiger partial charge in [-0.3, -0.25) is 14.5 Å². The van der Waals surface area contributed by atoms with Gasteiger partial charge in [0, 0.05) is 5.56 Å². The van der Waals surface area contributed by atoms with E-state index in [9.17, 15) is 19.1 Å². The van der Waals surface area contributed by atoms with Gasteiger partial charge in [0.25, 0.3) is 5.78 Å². The highest BCUT2D eigenvalue weighted by Crippen LogP contribution is 2.45. The predicted molar refractivity (Wildman–Crippen MR) is 144 cm³/mol. The number of anilines is 1. The first kappa shape index (κ1) is 25.4. The average Bonchev–Trinajstić information content (AvgIpc) is 3.46. The van der Waals surface area contributed by atoms with Crippen LogP contribution in [-0.2, 0) is 9.59 Å². The van der Waals surface area contributed by atoms with Crippen LogP contribution < -0.4 is 14.4 Å². The highest BCUT2D eigenvalue weighted by Gasteiger charge is 2.48. The Morgan fingerprint density at radius 3 is 2.61 bits per heavy atom. The van der Waals surface area contributed by atoms with Crippen LogP contribution in [0.5, 0.6) is 11.5 Å². The van der Waals surface area contributed by atoms with Crippen LogP contribution in [0.3, 0.4) is 0 Å². The third kappa shape index (κ3) is 4.72. The zero-order valence-corrected chi connectivity index (χ0v) is 21.6. The second-order valence-electron chi connectivity index (χ2n) is 8.78. The SMILES string of the molecule is CCCCOc1cccc(C2C(=C(O)c3ccc(F)cc3)C(=O)C(=O)N2c2nc3ccc(OC)cc3s2)c1. The van der Waals surface area contributed by atoms with Crippen molar-refractivity contribution >= 4 is 44.1 Å². The quantitative estimate of drug-likeness (QED) is 0.125. The number of methoxy groups -OCH3 is 1. The number of halogens is 1. The lowest BCUT2D eigenvalue weighted by molar-refractivity contribution is -0.132. The number of hydrogen-bond donors (Lipinski definition) is 1. The number of aliphatic hydroxyl groups excluding tert-OH is 1. The minimum Gasteiger partial charge on any atom is -0.507 e. The second kappa shape index (κ2) is 10.6. The average molecular weight is 533 g/mol. The predicted octanol–water partition coefficient (Wildman–Crippen LogP) is 6.25. The van der Waals surface area contributed by atoms with Crippen molar-refractivity contribution in [2.45, 2.75) is 25.8 Å². The highest BCUT2D eigenvalue weighted by molar-refractivity contribution is 7.22. The molecule has 194 valence electrons. The number of benzene rings is 3. The van der Waals surface area contributed by atoms with E-state index in [1.54, 1.807) is 43.5 Å². The summed E-state index contributed by atoms with van der Waals surface area (Å²) in [6.45, 7) is 2.59. The number of amides is 1. The summed E-state index contributed by atoms with van der Waals surface area (Å²) in [5, 5.41) is 11.5. The van der Waals surface area contributed by atoms with Gasteiger partial charge in [-0.15, -0.1) is 0 Å². The van der Waals surface area contributed by atoms with E-state index < -0.39 is 29.3 Å². The van der Waals surface area contributed by atoms with Gasteiger partial charge in [-0.25, -0.2) is 9.37 Å². The van der Waals surface area contributed by atoms with Crippen molar-refractivity contribution in [2.24, 2.45) is 0 Å². The molecule has 0 saturated carbocycles. The van der Waals surface area contributed by atoms with Crippen molar-refractivity contribution in [2.75, 3.05) is 18.6 Å². The van der Waals surface area contributed by atoms with Crippen LogP contribution in [0.4, 0.5) is 9.52 Å². The van der Waals surface area contributed by atoms with E-state index in [1.807, 2.05) is 6.07 Å². The fraction of sp³-hybridized carbons (Fsp3) is 0.207. The fourth-order valence-corrected chi connectivity index (χ4v) is 5.36. The van der Waals surface area contributed by atoms with E-state index in [2.05, 4.69) is 11.9 Å². The number of fused-ring (bicyclic) bond motifs is 1. The molecule has 3 aromatic carbocycles. The number of unbranched alkanes of at least 4 members (excludes halogenated alkanes) is 1. The molecule has 0 spiro atoms. The van der Waals surface area contributed by atoms with Crippen molar-refractivity contribution in [1.82, 2.24) is 4.98 Å². The molecule has 1 aliphatic rings. The van der Waals surface area contributed by atoms with Crippen molar-refractivity contribution < 1.29 is 28.6 Å². The van der Waals surface area contributed by atoms with Gasteiger partial charge in [0.05, 0.1) is 35.5 Å². The molecule has 0 bridgehead atoms. The first-order chi connectivity index (χ1) is 18.4. The Kier molecular flexibility index (Phi) is 7.11. The molecule has 1 amide bonds. The molecule has 0 aliphatic carbocycles. The molecule has 2 heterocycles. The van der Waals surface area contributed by atoms with E-state index in [4.69, 9.17) is 9.47 Å². The minimum absolute atomic E-state index is 0.107. The molecular weight excluding hydrogens is 507 g/mol. The number of nitrogens with zero attached hydrogens (tertiary/aromatic N) is 2. The van der Waals surface area contributed by atoms with Crippen molar-refractivity contribution in [3.8, 4) is 11.5 Å². The van der Waals surface area contributed by atoms with Gasteiger partial charge in [-0.1, -0.05) is 36.8 Å². The Morgan fingerprint density at radius 1 is 1.08 bits per heavy atom. The third-order valence-electron chi connectivity index (χ3n) is 6.29. The fourth-order valence-electron chi connectivity index (χ4n) is 4.34. The van der Waals surface area contributed by atoms with Gasteiger partial charge in [-0.05, 0) is 66.6 Å². The summed E-state index contributed by atoms with van der Waals surface area (Å²) >= 11 is 1.24. The van der Waals surface area contributed by atoms with Gasteiger partial charge >= 0.3 is 5.91 Å². The summed E-state index contributed by atoms with van der Waals surface area (Å²) in [5.74, 6) is -1.33. The topological polar surface area (TPSA) is 89.0 Å². The number of rotatable bonds is 8. The first-order valence-corrected chi connectivity index (χ1v) is 13.0. The zero-order valence-electron chi connectivity index (χ0n) is 20.8. The summed E-state index contributed by atoms with van der Waals surface area (Å²) in [5.41, 5.74) is 1.32. The summed E-state index contributed by atoms with van der Waals surface area (Å²) < 4.78 is 25.5. The number of Topliss-reactive ketones (excluding diaryl/α,β-unsaturated/α-hetero) is 1. The molecule has 7 nitrogen and oxygen atoms in total. The van der Waals surface area contributed by atoms with Gasteiger partial charge in [0.15, 0.2) is 5.13 Å². The maximum absolute atomic E-state index is 13.6. The van der Waals surface area contributed by atoms with E-state index in [0.29, 0.717) is 34.3 Å². The standard InChI is InChI=1S/C29H25FN2O5S/c1-3-4-14-37-21-7-5-6-18(15-21)25-24(26(33)17-8-10-19(30)11-9-17)27(34)28(35)32(25)29-31-22-13-12-20(36-2)16-23(22)38-29/h5-13,15-16,25,33H,3-4,14H2,1-2H3. The summed E-state index contributed by atoms with van der Waals surface area (Å²) in [7, 11) is 1.56. The van der Waals surface area contributed by atoms with Gasteiger partial charge in [0.1, 0.15) is 23.1 Å². The minimum atomic E-state index is -0.975. The molecule has 38 heavy (non-hydrogen) atoms.